The molecule has 1 aromatic heterocycles. The third-order valence-electron chi connectivity index (χ3n) is 2.62. The van der Waals surface area contributed by atoms with Crippen LogP contribution in [0.5, 0.6) is 0 Å². The quantitative estimate of drug-likeness (QED) is 0.813. The normalized spacial score (nSPS) is 10.7. The van der Waals surface area contributed by atoms with Gasteiger partial charge < -0.3 is 9.42 Å². The summed E-state index contributed by atoms with van der Waals surface area (Å²) in [7, 11) is 1.78. The molecule has 1 amide bonds. The number of likely N-dealkylation sites (N-methyl/N-ethyl adjacent to an activating group) is 1. The number of alkyl halides is 1. The first-order valence-electron chi connectivity index (χ1n) is 5.35. The van der Waals surface area contributed by atoms with E-state index in [0.717, 1.165) is 16.3 Å². The van der Waals surface area contributed by atoms with Crippen LogP contribution in [0.4, 0.5) is 0 Å². The van der Waals surface area contributed by atoms with Crippen LogP contribution in [-0.4, -0.2) is 34.9 Å². The Kier molecular flexibility index (Phi) is 3.78. The number of amides is 1. The van der Waals surface area contributed by atoms with Gasteiger partial charge in [0.05, 0.1) is 6.42 Å². The summed E-state index contributed by atoms with van der Waals surface area (Å²) in [6.45, 7) is 0.689. The second-order valence-corrected chi connectivity index (χ2v) is 4.60. The van der Waals surface area contributed by atoms with Gasteiger partial charge in [-0.3, -0.25) is 4.79 Å². The van der Waals surface area contributed by atoms with Crippen LogP contribution in [0.2, 0.25) is 0 Å². The summed E-state index contributed by atoms with van der Waals surface area (Å²) < 4.78 is 5.16. The van der Waals surface area contributed by atoms with Crippen LogP contribution in [-0.2, 0) is 11.2 Å². The fourth-order valence-electron chi connectivity index (χ4n) is 1.60. The summed E-state index contributed by atoms with van der Waals surface area (Å²) in [4.78, 5) is 13.5. The van der Waals surface area contributed by atoms with Crippen molar-refractivity contribution in [2.75, 3.05) is 18.9 Å². The fourth-order valence-corrected chi connectivity index (χ4v) is 2.13. The summed E-state index contributed by atoms with van der Waals surface area (Å²) in [5, 5.41) is 5.63. The molecule has 90 valence electrons. The zero-order chi connectivity index (χ0) is 12.3. The molecular formula is C12H13BrN2O2. The first kappa shape index (κ1) is 12.1. The molecule has 0 aliphatic rings. The van der Waals surface area contributed by atoms with E-state index < -0.39 is 0 Å². The Morgan fingerprint density at radius 1 is 1.47 bits per heavy atom. The number of carbonyl (C=O) groups is 1. The fraction of sp³-hybridized carbons (Fsp3) is 0.333. The number of para-hydroxylation sites is 1. The van der Waals surface area contributed by atoms with Crippen LogP contribution in [0.1, 0.15) is 5.69 Å². The lowest BCUT2D eigenvalue weighted by molar-refractivity contribution is -0.128. The first-order chi connectivity index (χ1) is 8.22. The molecule has 0 saturated heterocycles. The number of nitrogens with zero attached hydrogens (tertiary/aromatic N) is 2. The van der Waals surface area contributed by atoms with Crippen molar-refractivity contribution < 1.29 is 9.32 Å². The van der Waals surface area contributed by atoms with Crippen molar-refractivity contribution in [2.45, 2.75) is 6.42 Å². The molecule has 0 saturated carbocycles. The molecule has 2 aromatic rings. The number of hydrogen-bond acceptors (Lipinski definition) is 3. The topological polar surface area (TPSA) is 46.3 Å². The molecule has 0 unspecified atom stereocenters. The van der Waals surface area contributed by atoms with Crippen LogP contribution < -0.4 is 0 Å². The molecule has 1 heterocycles. The molecule has 0 aliphatic heterocycles. The van der Waals surface area contributed by atoms with E-state index in [-0.39, 0.29) is 12.3 Å². The van der Waals surface area contributed by atoms with Crippen LogP contribution in [0.25, 0.3) is 11.0 Å². The zero-order valence-electron chi connectivity index (χ0n) is 9.52. The second kappa shape index (κ2) is 5.31. The molecule has 0 bridgehead atoms. The van der Waals surface area contributed by atoms with Gasteiger partial charge in [0.2, 0.25) is 5.91 Å². The largest absolute Gasteiger partial charge is 0.356 e. The van der Waals surface area contributed by atoms with Gasteiger partial charge >= 0.3 is 0 Å². The van der Waals surface area contributed by atoms with Crippen molar-refractivity contribution in [1.82, 2.24) is 10.1 Å². The molecule has 0 fully saturated rings. The minimum absolute atomic E-state index is 0.0449. The molecule has 1 aromatic carbocycles. The lowest BCUT2D eigenvalue weighted by Gasteiger charge is -2.14. The van der Waals surface area contributed by atoms with Crippen LogP contribution in [0, 0.1) is 0 Å². The van der Waals surface area contributed by atoms with Crippen molar-refractivity contribution in [2.24, 2.45) is 0 Å². The van der Waals surface area contributed by atoms with Gasteiger partial charge in [0, 0.05) is 24.3 Å². The molecule has 5 heteroatoms. The number of rotatable bonds is 4. The molecule has 0 aliphatic carbocycles. The monoisotopic (exact) mass is 296 g/mol. The average molecular weight is 297 g/mol. The Morgan fingerprint density at radius 3 is 3.00 bits per heavy atom. The predicted octanol–water partition coefficient (Wildman–Crippen LogP) is 2.22. The van der Waals surface area contributed by atoms with Gasteiger partial charge in [-0.1, -0.05) is 33.2 Å². The smallest absolute Gasteiger partial charge is 0.228 e. The maximum Gasteiger partial charge on any atom is 0.228 e. The maximum atomic E-state index is 11.9. The summed E-state index contributed by atoms with van der Waals surface area (Å²) in [6.07, 6.45) is 0.278. The van der Waals surface area contributed by atoms with E-state index in [1.54, 1.807) is 11.9 Å². The second-order valence-electron chi connectivity index (χ2n) is 3.81. The van der Waals surface area contributed by atoms with Gasteiger partial charge in [0.15, 0.2) is 5.58 Å². The number of aromatic nitrogens is 1. The highest BCUT2D eigenvalue weighted by molar-refractivity contribution is 9.09. The molecule has 4 nitrogen and oxygen atoms in total. The zero-order valence-corrected chi connectivity index (χ0v) is 11.1. The summed E-state index contributed by atoms with van der Waals surface area (Å²) in [6, 6.07) is 7.56. The summed E-state index contributed by atoms with van der Waals surface area (Å²) in [5.41, 5.74) is 1.42. The number of hydrogen-bond donors (Lipinski definition) is 0. The van der Waals surface area contributed by atoms with Gasteiger partial charge in [-0.25, -0.2) is 0 Å². The van der Waals surface area contributed by atoms with Gasteiger partial charge in [-0.05, 0) is 12.1 Å². The van der Waals surface area contributed by atoms with Crippen molar-refractivity contribution in [3.63, 3.8) is 0 Å². The summed E-state index contributed by atoms with van der Waals surface area (Å²) >= 11 is 3.31. The van der Waals surface area contributed by atoms with Gasteiger partial charge in [-0.15, -0.1) is 0 Å². The predicted molar refractivity (Wildman–Crippen MR) is 69.1 cm³/mol. The average Bonchev–Trinajstić information content (AvgIpc) is 2.73. The minimum Gasteiger partial charge on any atom is -0.356 e. The Morgan fingerprint density at radius 2 is 2.24 bits per heavy atom. The number of halogens is 1. The van der Waals surface area contributed by atoms with Crippen molar-refractivity contribution in [3.05, 3.63) is 30.0 Å². The van der Waals surface area contributed by atoms with Gasteiger partial charge in [0.25, 0.3) is 0 Å². The van der Waals surface area contributed by atoms with E-state index in [0.29, 0.717) is 12.2 Å². The summed E-state index contributed by atoms with van der Waals surface area (Å²) in [5.74, 6) is 0.0449. The van der Waals surface area contributed by atoms with E-state index in [2.05, 4.69) is 21.1 Å². The molecule has 0 N–H and O–H groups in total. The third-order valence-corrected chi connectivity index (χ3v) is 2.97. The van der Waals surface area contributed by atoms with Crippen LogP contribution >= 0.6 is 15.9 Å². The van der Waals surface area contributed by atoms with E-state index in [1.165, 1.54) is 0 Å². The number of benzene rings is 1. The Hall–Kier alpha value is -1.36. The van der Waals surface area contributed by atoms with Crippen molar-refractivity contribution in [3.8, 4) is 0 Å². The molecule has 0 atom stereocenters. The van der Waals surface area contributed by atoms with E-state index in [1.807, 2.05) is 24.3 Å². The van der Waals surface area contributed by atoms with E-state index in [4.69, 9.17) is 4.52 Å². The Balaban J connectivity index is 2.16. The molecule has 0 radical (unpaired) electrons. The number of fused-ring (bicyclic) bond motifs is 1. The molecular weight excluding hydrogens is 284 g/mol. The maximum absolute atomic E-state index is 11.9. The van der Waals surface area contributed by atoms with E-state index in [9.17, 15) is 4.79 Å². The highest BCUT2D eigenvalue weighted by atomic mass is 79.9. The van der Waals surface area contributed by atoms with Crippen molar-refractivity contribution in [1.29, 1.82) is 0 Å². The lowest BCUT2D eigenvalue weighted by Crippen LogP contribution is -2.29. The lowest BCUT2D eigenvalue weighted by atomic mass is 10.1. The minimum atomic E-state index is 0.0449. The highest BCUT2D eigenvalue weighted by Gasteiger charge is 2.14. The van der Waals surface area contributed by atoms with Gasteiger partial charge in [0.1, 0.15) is 5.69 Å². The SMILES string of the molecule is CN(CCBr)C(=O)Cc1noc2ccccc12. The van der Waals surface area contributed by atoms with Crippen molar-refractivity contribution >= 4 is 32.8 Å². The molecule has 0 spiro atoms. The molecule has 2 rings (SSSR count). The highest BCUT2D eigenvalue weighted by Crippen LogP contribution is 2.18. The Labute approximate surface area is 108 Å². The van der Waals surface area contributed by atoms with E-state index >= 15 is 0 Å². The number of carbonyl (C=O) groups excluding carboxylic acids is 1. The third kappa shape index (κ3) is 2.66. The van der Waals surface area contributed by atoms with Crippen LogP contribution in [0.3, 0.4) is 0 Å². The Bertz CT molecular complexity index is 524. The molecule has 17 heavy (non-hydrogen) atoms. The van der Waals surface area contributed by atoms with Crippen LogP contribution in [0.15, 0.2) is 28.8 Å². The van der Waals surface area contributed by atoms with Gasteiger partial charge in [-0.2, -0.15) is 0 Å². The first-order valence-corrected chi connectivity index (χ1v) is 6.47. The standard InChI is InChI=1S/C12H13BrN2O2/c1-15(7-6-13)12(16)8-10-9-4-2-3-5-11(9)17-14-10/h2-5H,6-8H2,1H3.